The standard InChI is InChI=1S/C17H23N3O6S/c1-17(2,16(23)24)10-18-15(22)13(7-8-27-3)19-14(21)11-5-4-6-12(9-11)20(25)26/h4-6,9,13H,7-8,10H2,1-3H3,(H,18,22)(H,19,21)(H,23,24). The maximum Gasteiger partial charge on any atom is 0.310 e. The molecule has 0 aliphatic rings. The average Bonchev–Trinajstić information content (AvgIpc) is 2.62. The lowest BCUT2D eigenvalue weighted by Gasteiger charge is -2.23. The summed E-state index contributed by atoms with van der Waals surface area (Å²) in [6, 6.07) is 4.32. The Kier molecular flexibility index (Phi) is 8.23. The van der Waals surface area contributed by atoms with E-state index < -0.39 is 34.2 Å². The second-order valence-corrected chi connectivity index (χ2v) is 7.51. The molecule has 0 heterocycles. The summed E-state index contributed by atoms with van der Waals surface area (Å²) < 4.78 is 0. The molecular formula is C17H23N3O6S. The van der Waals surface area contributed by atoms with E-state index in [-0.39, 0.29) is 17.8 Å². The van der Waals surface area contributed by atoms with Gasteiger partial charge in [0.1, 0.15) is 6.04 Å². The molecule has 0 saturated heterocycles. The van der Waals surface area contributed by atoms with Gasteiger partial charge in [0.15, 0.2) is 0 Å². The number of carbonyl (C=O) groups excluding carboxylic acids is 2. The molecule has 1 atom stereocenters. The number of nitro groups is 1. The van der Waals surface area contributed by atoms with Crippen LogP contribution in [0, 0.1) is 15.5 Å². The molecule has 27 heavy (non-hydrogen) atoms. The van der Waals surface area contributed by atoms with Gasteiger partial charge in [0, 0.05) is 24.2 Å². The van der Waals surface area contributed by atoms with Gasteiger partial charge >= 0.3 is 5.97 Å². The molecule has 0 aromatic heterocycles. The molecule has 3 N–H and O–H groups in total. The first-order valence-electron chi connectivity index (χ1n) is 8.14. The van der Waals surface area contributed by atoms with Crippen LogP contribution in [0.1, 0.15) is 30.6 Å². The van der Waals surface area contributed by atoms with Crippen LogP contribution >= 0.6 is 11.8 Å². The zero-order valence-electron chi connectivity index (χ0n) is 15.4. The van der Waals surface area contributed by atoms with E-state index in [9.17, 15) is 24.5 Å². The average molecular weight is 397 g/mol. The summed E-state index contributed by atoms with van der Waals surface area (Å²) in [6.45, 7) is 2.87. The van der Waals surface area contributed by atoms with Crippen LogP contribution < -0.4 is 10.6 Å². The second kappa shape index (κ2) is 9.91. The molecule has 0 bridgehead atoms. The number of thioether (sulfide) groups is 1. The van der Waals surface area contributed by atoms with Crippen LogP contribution in [0.2, 0.25) is 0 Å². The minimum Gasteiger partial charge on any atom is -0.481 e. The van der Waals surface area contributed by atoms with Crippen LogP contribution in [0.4, 0.5) is 5.69 Å². The van der Waals surface area contributed by atoms with Gasteiger partial charge in [-0.15, -0.1) is 0 Å². The van der Waals surface area contributed by atoms with Crippen LogP contribution in [0.5, 0.6) is 0 Å². The van der Waals surface area contributed by atoms with Crippen molar-refractivity contribution in [1.82, 2.24) is 10.6 Å². The van der Waals surface area contributed by atoms with Crippen molar-refractivity contribution >= 4 is 35.2 Å². The van der Waals surface area contributed by atoms with Crippen molar-refractivity contribution in [3.8, 4) is 0 Å². The van der Waals surface area contributed by atoms with Crippen molar-refractivity contribution in [3.05, 3.63) is 39.9 Å². The number of carboxylic acids is 1. The highest BCUT2D eigenvalue weighted by Crippen LogP contribution is 2.15. The first kappa shape index (κ1) is 22.4. The van der Waals surface area contributed by atoms with E-state index in [1.54, 1.807) is 0 Å². The minimum atomic E-state index is -1.15. The number of hydrogen-bond donors (Lipinski definition) is 3. The summed E-state index contributed by atoms with van der Waals surface area (Å²) in [5, 5.41) is 25.1. The van der Waals surface area contributed by atoms with E-state index in [1.165, 1.54) is 43.8 Å². The van der Waals surface area contributed by atoms with E-state index in [0.717, 1.165) is 6.07 Å². The Labute approximate surface area is 161 Å². The smallest absolute Gasteiger partial charge is 0.310 e. The summed E-state index contributed by atoms with van der Waals surface area (Å²) >= 11 is 1.49. The van der Waals surface area contributed by atoms with Gasteiger partial charge in [0.2, 0.25) is 5.91 Å². The maximum atomic E-state index is 12.4. The predicted molar refractivity (Wildman–Crippen MR) is 102 cm³/mol. The van der Waals surface area contributed by atoms with Gasteiger partial charge < -0.3 is 15.7 Å². The SMILES string of the molecule is CSCCC(NC(=O)c1cccc([N+](=O)[O-])c1)C(=O)NCC(C)(C)C(=O)O. The Hall–Kier alpha value is -2.62. The molecule has 0 radical (unpaired) electrons. The normalized spacial score (nSPS) is 12.1. The molecule has 0 saturated carbocycles. The van der Waals surface area contributed by atoms with Crippen molar-refractivity contribution in [3.63, 3.8) is 0 Å². The number of hydrogen-bond acceptors (Lipinski definition) is 6. The molecule has 0 fully saturated rings. The number of nitro benzene ring substituents is 1. The fourth-order valence-corrected chi connectivity index (χ4v) is 2.49. The molecular weight excluding hydrogens is 374 g/mol. The molecule has 0 aliphatic carbocycles. The Balaban J connectivity index is 2.85. The van der Waals surface area contributed by atoms with Gasteiger partial charge in [-0.05, 0) is 38.3 Å². The topological polar surface area (TPSA) is 139 Å². The molecule has 10 heteroatoms. The van der Waals surface area contributed by atoms with Crippen LogP contribution in [-0.2, 0) is 9.59 Å². The highest BCUT2D eigenvalue weighted by atomic mass is 32.2. The zero-order chi connectivity index (χ0) is 20.6. The van der Waals surface area contributed by atoms with Crippen LogP contribution in [0.25, 0.3) is 0 Å². The fourth-order valence-electron chi connectivity index (χ4n) is 2.01. The van der Waals surface area contributed by atoms with Gasteiger partial charge in [0.25, 0.3) is 11.6 Å². The number of nitrogens with zero attached hydrogens (tertiary/aromatic N) is 1. The number of benzene rings is 1. The van der Waals surface area contributed by atoms with E-state index in [1.807, 2.05) is 6.26 Å². The third-order valence-corrected chi connectivity index (χ3v) is 4.48. The number of nitrogens with one attached hydrogen (secondary N) is 2. The van der Waals surface area contributed by atoms with Crippen LogP contribution in [0.15, 0.2) is 24.3 Å². The van der Waals surface area contributed by atoms with Crippen molar-refractivity contribution in [1.29, 1.82) is 0 Å². The van der Waals surface area contributed by atoms with Crippen molar-refractivity contribution in [2.45, 2.75) is 26.3 Å². The summed E-state index contributed by atoms with van der Waals surface area (Å²) in [7, 11) is 0. The van der Waals surface area contributed by atoms with E-state index in [0.29, 0.717) is 12.2 Å². The largest absolute Gasteiger partial charge is 0.481 e. The molecule has 1 rings (SSSR count). The quantitative estimate of drug-likeness (QED) is 0.403. The highest BCUT2D eigenvalue weighted by molar-refractivity contribution is 7.98. The molecule has 148 valence electrons. The monoisotopic (exact) mass is 397 g/mol. The summed E-state index contributed by atoms with van der Waals surface area (Å²) in [6.07, 6.45) is 2.19. The Morgan fingerprint density at radius 3 is 2.56 bits per heavy atom. The van der Waals surface area contributed by atoms with E-state index >= 15 is 0 Å². The third-order valence-electron chi connectivity index (χ3n) is 3.84. The minimum absolute atomic E-state index is 0.0667. The third kappa shape index (κ3) is 6.89. The zero-order valence-corrected chi connectivity index (χ0v) is 16.2. The Morgan fingerprint density at radius 1 is 1.33 bits per heavy atom. The molecule has 9 nitrogen and oxygen atoms in total. The number of rotatable bonds is 10. The number of amides is 2. The lowest BCUT2D eigenvalue weighted by atomic mass is 9.94. The lowest BCUT2D eigenvalue weighted by molar-refractivity contribution is -0.384. The molecule has 0 spiro atoms. The summed E-state index contributed by atoms with van der Waals surface area (Å²) in [5.74, 6) is -1.57. The number of carbonyl (C=O) groups is 3. The van der Waals surface area contributed by atoms with Crippen molar-refractivity contribution < 1.29 is 24.4 Å². The van der Waals surface area contributed by atoms with Gasteiger partial charge in [-0.1, -0.05) is 6.07 Å². The van der Waals surface area contributed by atoms with Gasteiger partial charge in [-0.3, -0.25) is 24.5 Å². The molecule has 0 aliphatic heterocycles. The summed E-state index contributed by atoms with van der Waals surface area (Å²) in [4.78, 5) is 46.2. The number of carboxylic acid groups (broad SMARTS) is 1. The van der Waals surface area contributed by atoms with Gasteiger partial charge in [-0.25, -0.2) is 0 Å². The summed E-state index contributed by atoms with van der Waals surface area (Å²) in [5.41, 5.74) is -1.31. The Morgan fingerprint density at radius 2 is 2.00 bits per heavy atom. The number of aliphatic carboxylic acids is 1. The fraction of sp³-hybridized carbons (Fsp3) is 0.471. The molecule has 1 aromatic carbocycles. The van der Waals surface area contributed by atoms with E-state index in [2.05, 4.69) is 10.6 Å². The Bertz CT molecular complexity index is 722. The molecule has 2 amide bonds. The van der Waals surface area contributed by atoms with Crippen molar-refractivity contribution in [2.24, 2.45) is 5.41 Å². The van der Waals surface area contributed by atoms with E-state index in [4.69, 9.17) is 5.11 Å². The maximum absolute atomic E-state index is 12.4. The van der Waals surface area contributed by atoms with Gasteiger partial charge in [-0.2, -0.15) is 11.8 Å². The number of non-ortho nitro benzene ring substituents is 1. The lowest BCUT2D eigenvalue weighted by Crippen LogP contribution is -2.50. The molecule has 1 aromatic rings. The second-order valence-electron chi connectivity index (χ2n) is 6.52. The van der Waals surface area contributed by atoms with Gasteiger partial charge in [0.05, 0.1) is 10.3 Å². The predicted octanol–water partition coefficient (Wildman–Crippen LogP) is 1.67. The molecule has 1 unspecified atom stereocenters. The first-order chi connectivity index (χ1) is 12.6. The van der Waals surface area contributed by atoms with Crippen LogP contribution in [-0.4, -0.2) is 52.4 Å². The van der Waals surface area contributed by atoms with Crippen molar-refractivity contribution in [2.75, 3.05) is 18.6 Å². The highest BCUT2D eigenvalue weighted by Gasteiger charge is 2.29. The first-order valence-corrected chi connectivity index (χ1v) is 9.53. The van der Waals surface area contributed by atoms with Crippen LogP contribution in [0.3, 0.4) is 0 Å².